The lowest BCUT2D eigenvalue weighted by molar-refractivity contribution is 0.00973. The predicted octanol–water partition coefficient (Wildman–Crippen LogP) is 0.346. The van der Waals surface area contributed by atoms with Crippen molar-refractivity contribution in [2.24, 2.45) is 0 Å². The van der Waals surface area contributed by atoms with Gasteiger partial charge in [-0.25, -0.2) is 0 Å². The number of nitrogens with one attached hydrogen (secondary N) is 1. The number of hydrogen-bond donors (Lipinski definition) is 2. The molecule has 0 radical (unpaired) electrons. The highest BCUT2D eigenvalue weighted by Gasteiger charge is 2.31. The van der Waals surface area contributed by atoms with Gasteiger partial charge in [0.15, 0.2) is 0 Å². The first kappa shape index (κ1) is 11.5. The van der Waals surface area contributed by atoms with Crippen LogP contribution in [0.25, 0.3) is 0 Å². The number of aliphatic hydroxyl groups is 1. The lowest BCUT2D eigenvalue weighted by Gasteiger charge is -2.17. The Hall–Kier alpha value is -0.980. The molecule has 0 amide bonds. The molecule has 0 saturated carbocycles. The molecule has 90 valence electrons. The van der Waals surface area contributed by atoms with Crippen LogP contribution in [0.1, 0.15) is 38.0 Å². The maximum absolute atomic E-state index is 9.40. The fourth-order valence-electron chi connectivity index (χ4n) is 1.62. The first-order valence-corrected chi connectivity index (χ1v) is 5.33. The molecule has 2 N–H and O–H groups in total. The smallest absolute Gasteiger partial charge is 0.243 e. The first-order valence-electron chi connectivity index (χ1n) is 5.33. The van der Waals surface area contributed by atoms with Crippen molar-refractivity contribution in [3.05, 3.63) is 11.7 Å². The summed E-state index contributed by atoms with van der Waals surface area (Å²) in [5.41, 5.74) is -0.557. The predicted molar refractivity (Wildman–Crippen MR) is 55.7 cm³/mol. The van der Waals surface area contributed by atoms with E-state index in [1.54, 1.807) is 7.11 Å². The molecule has 1 saturated heterocycles. The van der Waals surface area contributed by atoms with Gasteiger partial charge in [0.05, 0.1) is 12.1 Å². The summed E-state index contributed by atoms with van der Waals surface area (Å²) in [4.78, 5) is 4.29. The van der Waals surface area contributed by atoms with Crippen LogP contribution in [0.5, 0.6) is 0 Å². The van der Waals surface area contributed by atoms with Gasteiger partial charge in [-0.05, 0) is 20.3 Å². The molecule has 1 aromatic heterocycles. The van der Waals surface area contributed by atoms with Crippen molar-refractivity contribution in [2.45, 2.75) is 38.0 Å². The van der Waals surface area contributed by atoms with E-state index in [0.717, 1.165) is 0 Å². The third-order valence-corrected chi connectivity index (χ3v) is 2.90. The second-order valence-electron chi connectivity index (χ2n) is 4.52. The zero-order valence-electron chi connectivity index (χ0n) is 9.73. The molecule has 0 aromatic carbocycles. The zero-order chi connectivity index (χ0) is 11.8. The quantitative estimate of drug-likeness (QED) is 0.775. The van der Waals surface area contributed by atoms with Crippen molar-refractivity contribution in [3.63, 3.8) is 0 Å². The number of aromatic nitrogens is 2. The summed E-state index contributed by atoms with van der Waals surface area (Å²) in [6.45, 7) is 4.31. The SMILES string of the molecule is COC(C)(C)c1noc([C@@H]2C[C@H](O)CN2)n1. The van der Waals surface area contributed by atoms with Gasteiger partial charge in [0.2, 0.25) is 11.7 Å². The largest absolute Gasteiger partial charge is 0.392 e. The number of ether oxygens (including phenoxy) is 1. The maximum atomic E-state index is 9.40. The summed E-state index contributed by atoms with van der Waals surface area (Å²) < 4.78 is 10.4. The van der Waals surface area contributed by atoms with E-state index in [1.807, 2.05) is 13.8 Å². The summed E-state index contributed by atoms with van der Waals surface area (Å²) in [6.07, 6.45) is 0.269. The van der Waals surface area contributed by atoms with Crippen molar-refractivity contribution in [1.82, 2.24) is 15.5 Å². The third-order valence-electron chi connectivity index (χ3n) is 2.90. The van der Waals surface area contributed by atoms with Crippen molar-refractivity contribution < 1.29 is 14.4 Å². The molecule has 0 bridgehead atoms. The van der Waals surface area contributed by atoms with Gasteiger partial charge in [0, 0.05) is 13.7 Å². The molecule has 0 spiro atoms. The van der Waals surface area contributed by atoms with Gasteiger partial charge in [-0.15, -0.1) is 0 Å². The maximum Gasteiger partial charge on any atom is 0.243 e. The lowest BCUT2D eigenvalue weighted by atomic mass is 10.1. The van der Waals surface area contributed by atoms with Gasteiger partial charge in [-0.2, -0.15) is 4.98 Å². The van der Waals surface area contributed by atoms with Crippen LogP contribution in [-0.2, 0) is 10.3 Å². The molecule has 2 rings (SSSR count). The Kier molecular flexibility index (Phi) is 2.96. The van der Waals surface area contributed by atoms with Crippen LogP contribution < -0.4 is 5.32 Å². The average molecular weight is 227 g/mol. The second-order valence-corrected chi connectivity index (χ2v) is 4.52. The Morgan fingerprint density at radius 2 is 2.31 bits per heavy atom. The van der Waals surface area contributed by atoms with E-state index < -0.39 is 5.60 Å². The number of nitrogens with zero attached hydrogens (tertiary/aromatic N) is 2. The van der Waals surface area contributed by atoms with Crippen LogP contribution in [0, 0.1) is 0 Å². The highest BCUT2D eigenvalue weighted by atomic mass is 16.5. The fraction of sp³-hybridized carbons (Fsp3) is 0.800. The van der Waals surface area contributed by atoms with E-state index >= 15 is 0 Å². The molecule has 2 heterocycles. The molecule has 6 nitrogen and oxygen atoms in total. The molecule has 1 aliphatic rings. The first-order chi connectivity index (χ1) is 7.53. The fourth-order valence-corrected chi connectivity index (χ4v) is 1.62. The van der Waals surface area contributed by atoms with E-state index in [9.17, 15) is 5.11 Å². The Morgan fingerprint density at radius 3 is 2.88 bits per heavy atom. The molecule has 0 unspecified atom stereocenters. The van der Waals surface area contributed by atoms with Crippen molar-refractivity contribution in [3.8, 4) is 0 Å². The topological polar surface area (TPSA) is 80.4 Å². The minimum atomic E-state index is -0.557. The minimum absolute atomic E-state index is 0.0519. The van der Waals surface area contributed by atoms with Gasteiger partial charge < -0.3 is 19.7 Å². The van der Waals surface area contributed by atoms with Gasteiger partial charge in [0.25, 0.3) is 0 Å². The highest BCUT2D eigenvalue weighted by Crippen LogP contribution is 2.25. The van der Waals surface area contributed by atoms with E-state index in [2.05, 4.69) is 15.5 Å². The van der Waals surface area contributed by atoms with Gasteiger partial charge in [-0.1, -0.05) is 5.16 Å². The number of hydrogen-bond acceptors (Lipinski definition) is 6. The molecule has 2 atom stereocenters. The van der Waals surface area contributed by atoms with E-state index in [1.165, 1.54) is 0 Å². The van der Waals surface area contributed by atoms with Gasteiger partial charge in [0.1, 0.15) is 5.60 Å². The number of rotatable bonds is 3. The van der Waals surface area contributed by atoms with Crippen LogP contribution in [0.3, 0.4) is 0 Å². The van der Waals surface area contributed by atoms with E-state index in [-0.39, 0.29) is 12.1 Å². The monoisotopic (exact) mass is 227 g/mol. The van der Waals surface area contributed by atoms with Crippen LogP contribution in [0.2, 0.25) is 0 Å². The molecule has 6 heteroatoms. The van der Waals surface area contributed by atoms with Gasteiger partial charge in [-0.3, -0.25) is 0 Å². The molecule has 1 aromatic rings. The second kappa shape index (κ2) is 4.12. The summed E-state index contributed by atoms with van der Waals surface area (Å²) in [6, 6.07) is -0.0519. The number of methoxy groups -OCH3 is 1. The zero-order valence-corrected chi connectivity index (χ0v) is 9.73. The highest BCUT2D eigenvalue weighted by molar-refractivity contribution is 5.02. The van der Waals surface area contributed by atoms with Crippen molar-refractivity contribution in [1.29, 1.82) is 0 Å². The molecular weight excluding hydrogens is 210 g/mol. The van der Waals surface area contributed by atoms with Crippen LogP contribution >= 0.6 is 0 Å². The number of β-amino-alcohol motifs (C(OH)–C–C–N with tert-alkyl or cyclic N) is 1. The molecular formula is C10H17N3O3. The summed E-state index contributed by atoms with van der Waals surface area (Å²) in [5, 5.41) is 16.4. The normalized spacial score (nSPS) is 26.2. The Bertz CT molecular complexity index is 364. The summed E-state index contributed by atoms with van der Waals surface area (Å²) in [5.74, 6) is 1.03. The van der Waals surface area contributed by atoms with Crippen molar-refractivity contribution >= 4 is 0 Å². The standard InChI is InChI=1S/C10H17N3O3/c1-10(2,15-3)9-12-8(16-13-9)7-4-6(14)5-11-7/h6-7,11,14H,4-5H2,1-3H3/t6-,7-/m0/s1. The minimum Gasteiger partial charge on any atom is -0.392 e. The lowest BCUT2D eigenvalue weighted by Crippen LogP contribution is -2.21. The van der Waals surface area contributed by atoms with Gasteiger partial charge >= 0.3 is 0 Å². The van der Waals surface area contributed by atoms with Crippen LogP contribution in [-0.4, -0.2) is 35.0 Å². The third kappa shape index (κ3) is 2.09. The Labute approximate surface area is 94.0 Å². The summed E-state index contributed by atoms with van der Waals surface area (Å²) >= 11 is 0. The summed E-state index contributed by atoms with van der Waals surface area (Å²) in [7, 11) is 1.60. The van der Waals surface area contributed by atoms with Crippen LogP contribution in [0.15, 0.2) is 4.52 Å². The molecule has 1 fully saturated rings. The molecule has 16 heavy (non-hydrogen) atoms. The average Bonchev–Trinajstić information content (AvgIpc) is 2.85. The Balaban J connectivity index is 2.14. The molecule has 1 aliphatic heterocycles. The van der Waals surface area contributed by atoms with Crippen LogP contribution in [0.4, 0.5) is 0 Å². The van der Waals surface area contributed by atoms with Crippen molar-refractivity contribution in [2.75, 3.05) is 13.7 Å². The van der Waals surface area contributed by atoms with E-state index in [0.29, 0.717) is 24.7 Å². The molecule has 0 aliphatic carbocycles. The Morgan fingerprint density at radius 1 is 1.56 bits per heavy atom. The number of aliphatic hydroxyl groups excluding tert-OH is 1. The van der Waals surface area contributed by atoms with E-state index in [4.69, 9.17) is 9.26 Å².